The maximum absolute atomic E-state index is 12.1. The van der Waals surface area contributed by atoms with E-state index in [4.69, 9.17) is 16.3 Å². The Morgan fingerprint density at radius 2 is 2.00 bits per heavy atom. The van der Waals surface area contributed by atoms with Crippen LogP contribution in [0.1, 0.15) is 24.3 Å². The van der Waals surface area contributed by atoms with Crippen molar-refractivity contribution in [2.45, 2.75) is 44.4 Å². The van der Waals surface area contributed by atoms with Gasteiger partial charge in [-0.05, 0) is 59.0 Å². The molecule has 1 aliphatic heterocycles. The average Bonchev–Trinajstić information content (AvgIpc) is 2.49. The summed E-state index contributed by atoms with van der Waals surface area (Å²) >= 11 is 8.70. The highest BCUT2D eigenvalue weighted by molar-refractivity contribution is 14.1. The van der Waals surface area contributed by atoms with E-state index in [0.29, 0.717) is 12.5 Å². The molecule has 0 bridgehead atoms. The summed E-state index contributed by atoms with van der Waals surface area (Å²) < 4.78 is 6.53. The van der Waals surface area contributed by atoms with Crippen molar-refractivity contribution in [3.63, 3.8) is 0 Å². The molecule has 0 spiro atoms. The first-order chi connectivity index (χ1) is 10.8. The minimum Gasteiger partial charge on any atom is -0.450 e. The predicted octanol–water partition coefficient (Wildman–Crippen LogP) is 5.60. The zero-order valence-corrected chi connectivity index (χ0v) is 18.0. The zero-order chi connectivity index (χ0) is 17.0. The number of hydrogen-bond acceptors (Lipinski definition) is 2. The Morgan fingerprint density at radius 3 is 2.61 bits per heavy atom. The van der Waals surface area contributed by atoms with Gasteiger partial charge in [-0.3, -0.25) is 0 Å². The predicted molar refractivity (Wildman–Crippen MR) is 107 cm³/mol. The van der Waals surface area contributed by atoms with E-state index in [0.717, 1.165) is 40.6 Å². The molecule has 0 aromatic heterocycles. The number of amides is 1. The van der Waals surface area contributed by atoms with Gasteiger partial charge in [-0.2, -0.15) is 0 Å². The van der Waals surface area contributed by atoms with Crippen LogP contribution in [0.15, 0.2) is 18.2 Å². The summed E-state index contributed by atoms with van der Waals surface area (Å²) in [4.78, 5) is 14.0. The Bertz CT molecular complexity index is 554. The van der Waals surface area contributed by atoms with Crippen molar-refractivity contribution < 1.29 is 9.53 Å². The largest absolute Gasteiger partial charge is 0.450 e. The molecule has 0 radical (unpaired) electrons. The van der Waals surface area contributed by atoms with Crippen LogP contribution in [-0.2, 0) is 4.74 Å². The minimum absolute atomic E-state index is 0.157. The molecule has 2 rings (SSSR count). The topological polar surface area (TPSA) is 29.5 Å². The van der Waals surface area contributed by atoms with E-state index in [1.165, 1.54) is 5.56 Å². The molecule has 0 saturated carbocycles. The highest BCUT2D eigenvalue weighted by Gasteiger charge is 2.26. The molecular formula is C17H25ClINO2Si. The molecule has 1 heterocycles. The summed E-state index contributed by atoms with van der Waals surface area (Å²) in [7, 11) is -1.15. The Balaban J connectivity index is 1.84. The van der Waals surface area contributed by atoms with Gasteiger partial charge < -0.3 is 9.64 Å². The summed E-state index contributed by atoms with van der Waals surface area (Å²) in [6.45, 7) is 8.92. The third kappa shape index (κ3) is 5.64. The fraction of sp³-hybridized carbons (Fsp3) is 0.588. The van der Waals surface area contributed by atoms with Crippen molar-refractivity contribution >= 4 is 48.4 Å². The number of carbonyl (C=O) groups is 1. The second-order valence-corrected chi connectivity index (χ2v) is 14.5. The van der Waals surface area contributed by atoms with Gasteiger partial charge >= 0.3 is 6.09 Å². The van der Waals surface area contributed by atoms with Crippen molar-refractivity contribution in [2.24, 2.45) is 0 Å². The van der Waals surface area contributed by atoms with Gasteiger partial charge in [0.1, 0.15) is 0 Å². The molecule has 128 valence electrons. The number of hydrogen-bond donors (Lipinski definition) is 0. The third-order valence-electron chi connectivity index (χ3n) is 4.25. The number of benzene rings is 1. The van der Waals surface area contributed by atoms with E-state index in [9.17, 15) is 4.79 Å². The molecule has 1 aromatic carbocycles. The molecule has 3 nitrogen and oxygen atoms in total. The molecule has 1 aromatic rings. The van der Waals surface area contributed by atoms with Gasteiger partial charge in [0.2, 0.25) is 0 Å². The zero-order valence-electron chi connectivity index (χ0n) is 14.1. The summed E-state index contributed by atoms with van der Waals surface area (Å²) in [6, 6.07) is 7.21. The van der Waals surface area contributed by atoms with Gasteiger partial charge in [-0.15, -0.1) is 0 Å². The Morgan fingerprint density at radius 1 is 1.35 bits per heavy atom. The number of carbonyl (C=O) groups excluding carboxylic acids is 1. The molecule has 0 N–H and O–H groups in total. The Hall–Kier alpha value is -0.273. The molecule has 6 heteroatoms. The molecule has 0 unspecified atom stereocenters. The van der Waals surface area contributed by atoms with Crippen LogP contribution in [-0.4, -0.2) is 38.8 Å². The lowest BCUT2D eigenvalue weighted by Crippen LogP contribution is -2.39. The normalized spacial score (nSPS) is 16.5. The number of piperidine rings is 1. The average molecular weight is 466 g/mol. The van der Waals surface area contributed by atoms with Gasteiger partial charge in [-0.1, -0.05) is 43.4 Å². The van der Waals surface area contributed by atoms with E-state index < -0.39 is 8.07 Å². The van der Waals surface area contributed by atoms with Crippen LogP contribution in [0.2, 0.25) is 30.7 Å². The van der Waals surface area contributed by atoms with Crippen molar-refractivity contribution in [3.05, 3.63) is 32.4 Å². The summed E-state index contributed by atoms with van der Waals surface area (Å²) in [6.07, 6.45) is 1.74. The highest BCUT2D eigenvalue weighted by Crippen LogP contribution is 2.35. The van der Waals surface area contributed by atoms with Crippen LogP contribution in [0.3, 0.4) is 0 Å². The highest BCUT2D eigenvalue weighted by atomic mass is 127. The fourth-order valence-corrected chi connectivity index (χ4v) is 4.26. The fourth-order valence-electron chi connectivity index (χ4n) is 2.74. The van der Waals surface area contributed by atoms with Crippen molar-refractivity contribution in [1.29, 1.82) is 0 Å². The second-order valence-electron chi connectivity index (χ2n) is 7.33. The minimum atomic E-state index is -1.15. The monoisotopic (exact) mass is 465 g/mol. The van der Waals surface area contributed by atoms with Gasteiger partial charge in [-0.25, -0.2) is 4.79 Å². The van der Waals surface area contributed by atoms with Crippen molar-refractivity contribution in [3.8, 4) is 0 Å². The van der Waals surface area contributed by atoms with Crippen LogP contribution < -0.4 is 0 Å². The quantitative estimate of drug-likeness (QED) is 0.428. The van der Waals surface area contributed by atoms with Crippen LogP contribution >= 0.6 is 34.2 Å². The van der Waals surface area contributed by atoms with Crippen molar-refractivity contribution in [1.82, 2.24) is 4.90 Å². The van der Waals surface area contributed by atoms with E-state index in [-0.39, 0.29) is 6.09 Å². The van der Waals surface area contributed by atoms with Gasteiger partial charge in [0.05, 0.1) is 11.6 Å². The number of likely N-dealkylation sites (tertiary alicyclic amines) is 1. The van der Waals surface area contributed by atoms with E-state index in [2.05, 4.69) is 54.4 Å². The second kappa shape index (κ2) is 8.21. The van der Waals surface area contributed by atoms with Crippen LogP contribution in [0.5, 0.6) is 0 Å². The first kappa shape index (κ1) is 19.1. The molecular weight excluding hydrogens is 441 g/mol. The summed E-state index contributed by atoms with van der Waals surface area (Å²) in [5, 5.41) is 0.865. The summed E-state index contributed by atoms with van der Waals surface area (Å²) in [5.41, 5.74) is 1.21. The van der Waals surface area contributed by atoms with E-state index in [1.54, 1.807) is 0 Å². The van der Waals surface area contributed by atoms with Gasteiger partial charge in [0, 0.05) is 24.7 Å². The van der Waals surface area contributed by atoms with Gasteiger partial charge in [0.15, 0.2) is 0 Å². The summed E-state index contributed by atoms with van der Waals surface area (Å²) in [5.74, 6) is 0.434. The maximum Gasteiger partial charge on any atom is 0.409 e. The van der Waals surface area contributed by atoms with E-state index in [1.807, 2.05) is 11.0 Å². The Kier molecular flexibility index (Phi) is 6.80. The van der Waals surface area contributed by atoms with Crippen molar-refractivity contribution in [2.75, 3.05) is 19.7 Å². The van der Waals surface area contributed by atoms with Crippen LogP contribution in [0.4, 0.5) is 4.79 Å². The van der Waals surface area contributed by atoms with E-state index >= 15 is 0 Å². The molecule has 1 fully saturated rings. The molecule has 23 heavy (non-hydrogen) atoms. The molecule has 1 aliphatic rings. The third-order valence-corrected chi connectivity index (χ3v) is 7.60. The molecule has 1 saturated heterocycles. The van der Waals surface area contributed by atoms with Gasteiger partial charge in [0.25, 0.3) is 0 Å². The van der Waals surface area contributed by atoms with Crippen LogP contribution in [0, 0.1) is 3.57 Å². The number of ether oxygens (including phenoxy) is 1. The number of nitrogens with zero attached hydrogens (tertiary/aromatic N) is 1. The Labute approximate surface area is 158 Å². The number of halogens is 2. The molecule has 0 aliphatic carbocycles. The maximum atomic E-state index is 12.1. The molecule has 1 amide bonds. The first-order valence-electron chi connectivity index (χ1n) is 8.13. The lowest BCUT2D eigenvalue weighted by Gasteiger charge is -2.32. The lowest BCUT2D eigenvalue weighted by molar-refractivity contribution is 0.0968. The number of rotatable bonds is 4. The standard InChI is InChI=1S/C17H25ClINO2Si/c1-23(2,3)12-11-22-17(21)20-9-7-13(8-10-20)14-5-4-6-15(19)16(14)18/h4-6,13H,7-12H2,1-3H3. The smallest absolute Gasteiger partial charge is 0.409 e. The lowest BCUT2D eigenvalue weighted by atomic mass is 9.89. The first-order valence-corrected chi connectivity index (χ1v) is 13.3. The SMILES string of the molecule is C[Si](C)(C)CCOC(=O)N1CCC(c2cccc(I)c2Cl)CC1. The van der Waals surface area contributed by atoms with Crippen LogP contribution in [0.25, 0.3) is 0 Å². The molecule has 0 atom stereocenters.